The second kappa shape index (κ2) is 9.74. The van der Waals surface area contributed by atoms with Gasteiger partial charge in [0.05, 0.1) is 0 Å². The van der Waals surface area contributed by atoms with Crippen LogP contribution < -0.4 is 0 Å². The number of aliphatic hydroxyl groups is 1. The molecule has 1 N–H and O–H groups in total. The second-order valence-corrected chi connectivity index (χ2v) is 4.71. The van der Waals surface area contributed by atoms with Gasteiger partial charge in [-0.25, -0.2) is 0 Å². The van der Waals surface area contributed by atoms with E-state index >= 15 is 0 Å². The van der Waals surface area contributed by atoms with E-state index in [0.717, 1.165) is 18.4 Å². The number of hydrogen-bond acceptors (Lipinski definition) is 1. The molecule has 1 aromatic rings. The third-order valence-electron chi connectivity index (χ3n) is 2.99. The summed E-state index contributed by atoms with van der Waals surface area (Å²) in [5, 5.41) is 9.74. The first-order chi connectivity index (χ1) is 8.83. The summed E-state index contributed by atoms with van der Waals surface area (Å²) in [4.78, 5) is 0. The Hall–Kier alpha value is -1.26. The molecule has 1 aromatic carbocycles. The Labute approximate surface area is 111 Å². The van der Waals surface area contributed by atoms with E-state index in [9.17, 15) is 5.11 Å². The summed E-state index contributed by atoms with van der Waals surface area (Å²) >= 11 is 0. The van der Waals surface area contributed by atoms with Gasteiger partial charge in [0.2, 0.25) is 0 Å². The van der Waals surface area contributed by atoms with Crippen molar-refractivity contribution in [1.29, 1.82) is 0 Å². The Balaban J connectivity index is 2.14. The van der Waals surface area contributed by atoms with E-state index in [1.165, 1.54) is 32.1 Å². The summed E-state index contributed by atoms with van der Waals surface area (Å²) in [7, 11) is 0. The highest BCUT2D eigenvalue weighted by molar-refractivity contribution is 5.34. The van der Waals surface area contributed by atoms with E-state index in [1.807, 2.05) is 30.3 Å². The van der Waals surface area contributed by atoms with E-state index in [-0.39, 0.29) is 0 Å². The van der Waals surface area contributed by atoms with Crippen LogP contribution in [0.25, 0.3) is 0 Å². The van der Waals surface area contributed by atoms with Crippen LogP contribution in [0.3, 0.4) is 0 Å². The van der Waals surface area contributed by atoms with Gasteiger partial charge in [0.25, 0.3) is 0 Å². The average Bonchev–Trinajstić information content (AvgIpc) is 2.41. The minimum Gasteiger partial charge on any atom is -0.380 e. The maximum atomic E-state index is 9.74. The van der Waals surface area contributed by atoms with Gasteiger partial charge in [-0.05, 0) is 25.0 Å². The van der Waals surface area contributed by atoms with Crippen LogP contribution >= 0.6 is 0 Å². The zero-order valence-corrected chi connectivity index (χ0v) is 11.4. The molecular formula is C17H24O. The zero-order chi connectivity index (χ0) is 13.1. The summed E-state index contributed by atoms with van der Waals surface area (Å²) in [6.45, 7) is 2.23. The van der Waals surface area contributed by atoms with Crippen LogP contribution in [-0.2, 0) is 0 Å². The molecule has 0 aromatic heterocycles. The molecule has 0 fully saturated rings. The number of benzene rings is 1. The standard InChI is InChI=1S/C17H24O/c1-2-3-4-5-6-10-13-17(18)15-14-16-11-8-7-9-12-16/h7-9,11-12,17-18H,2-6,10,13H2,1H3/t17-/m1/s1. The Bertz CT molecular complexity index is 358. The molecule has 1 heteroatoms. The third kappa shape index (κ3) is 7.14. The molecule has 1 rings (SSSR count). The van der Waals surface area contributed by atoms with Gasteiger partial charge >= 0.3 is 0 Å². The first-order valence-corrected chi connectivity index (χ1v) is 7.07. The fourth-order valence-corrected chi connectivity index (χ4v) is 1.88. The molecule has 1 nitrogen and oxygen atoms in total. The van der Waals surface area contributed by atoms with Crippen molar-refractivity contribution in [2.75, 3.05) is 0 Å². The Kier molecular flexibility index (Phi) is 8.01. The lowest BCUT2D eigenvalue weighted by Gasteiger charge is -2.03. The Morgan fingerprint density at radius 3 is 2.39 bits per heavy atom. The molecule has 0 aliphatic carbocycles. The lowest BCUT2D eigenvalue weighted by Crippen LogP contribution is -2.02. The quantitative estimate of drug-likeness (QED) is 0.564. The van der Waals surface area contributed by atoms with Crippen molar-refractivity contribution >= 4 is 0 Å². The molecule has 0 radical (unpaired) electrons. The van der Waals surface area contributed by atoms with Gasteiger partial charge in [-0.15, -0.1) is 0 Å². The van der Waals surface area contributed by atoms with Crippen molar-refractivity contribution in [3.8, 4) is 11.8 Å². The summed E-state index contributed by atoms with van der Waals surface area (Å²) in [5.41, 5.74) is 0.972. The van der Waals surface area contributed by atoms with Gasteiger partial charge in [-0.1, -0.05) is 69.1 Å². The molecule has 0 aliphatic rings. The van der Waals surface area contributed by atoms with Crippen LogP contribution in [0.2, 0.25) is 0 Å². The van der Waals surface area contributed by atoms with Gasteiger partial charge in [0.15, 0.2) is 0 Å². The summed E-state index contributed by atoms with van der Waals surface area (Å²) in [5.74, 6) is 5.91. The van der Waals surface area contributed by atoms with Crippen molar-refractivity contribution in [3.63, 3.8) is 0 Å². The fourth-order valence-electron chi connectivity index (χ4n) is 1.88. The van der Waals surface area contributed by atoms with Crippen molar-refractivity contribution < 1.29 is 5.11 Å². The van der Waals surface area contributed by atoms with Crippen LogP contribution in [0.5, 0.6) is 0 Å². The summed E-state index contributed by atoms with van der Waals surface area (Å²) < 4.78 is 0. The van der Waals surface area contributed by atoms with Gasteiger partial charge < -0.3 is 5.11 Å². The molecule has 0 unspecified atom stereocenters. The van der Waals surface area contributed by atoms with Crippen LogP contribution in [0.4, 0.5) is 0 Å². The molecule has 98 valence electrons. The molecule has 0 bridgehead atoms. The zero-order valence-electron chi connectivity index (χ0n) is 11.4. The highest BCUT2D eigenvalue weighted by Gasteiger charge is 1.98. The van der Waals surface area contributed by atoms with E-state index in [4.69, 9.17) is 0 Å². The second-order valence-electron chi connectivity index (χ2n) is 4.71. The predicted molar refractivity (Wildman–Crippen MR) is 77.3 cm³/mol. The lowest BCUT2D eigenvalue weighted by molar-refractivity contribution is 0.217. The normalized spacial score (nSPS) is 11.7. The number of unbranched alkanes of at least 4 members (excludes halogenated alkanes) is 5. The molecule has 18 heavy (non-hydrogen) atoms. The van der Waals surface area contributed by atoms with Gasteiger partial charge in [0, 0.05) is 5.56 Å². The first kappa shape index (κ1) is 14.8. The largest absolute Gasteiger partial charge is 0.380 e. The minimum absolute atomic E-state index is 0.476. The highest BCUT2D eigenvalue weighted by Crippen LogP contribution is 2.08. The monoisotopic (exact) mass is 244 g/mol. The maximum Gasteiger partial charge on any atom is 0.115 e. The van der Waals surface area contributed by atoms with Gasteiger partial charge in [-0.2, -0.15) is 0 Å². The van der Waals surface area contributed by atoms with Crippen molar-refractivity contribution in [3.05, 3.63) is 35.9 Å². The number of hydrogen-bond donors (Lipinski definition) is 1. The molecule has 0 saturated heterocycles. The van der Waals surface area contributed by atoms with E-state index in [2.05, 4.69) is 18.8 Å². The van der Waals surface area contributed by atoms with Gasteiger partial charge in [0.1, 0.15) is 6.10 Å². The SMILES string of the molecule is CCCCCCCC[C@@H](O)C#Cc1ccccc1. The Morgan fingerprint density at radius 2 is 1.67 bits per heavy atom. The molecular weight excluding hydrogens is 220 g/mol. The smallest absolute Gasteiger partial charge is 0.115 e. The topological polar surface area (TPSA) is 20.2 Å². The molecule has 0 amide bonds. The van der Waals surface area contributed by atoms with Crippen molar-refractivity contribution in [2.24, 2.45) is 0 Å². The van der Waals surface area contributed by atoms with Crippen LogP contribution in [-0.4, -0.2) is 11.2 Å². The molecule has 0 saturated carbocycles. The van der Waals surface area contributed by atoms with E-state index < -0.39 is 6.10 Å². The van der Waals surface area contributed by atoms with Crippen LogP contribution in [0.15, 0.2) is 30.3 Å². The number of aliphatic hydroxyl groups excluding tert-OH is 1. The van der Waals surface area contributed by atoms with Gasteiger partial charge in [-0.3, -0.25) is 0 Å². The Morgan fingerprint density at radius 1 is 1.00 bits per heavy atom. The molecule has 1 atom stereocenters. The fraction of sp³-hybridized carbons (Fsp3) is 0.529. The van der Waals surface area contributed by atoms with Crippen LogP contribution in [0, 0.1) is 11.8 Å². The molecule has 0 spiro atoms. The summed E-state index contributed by atoms with van der Waals surface area (Å²) in [6, 6.07) is 9.82. The molecule has 0 heterocycles. The highest BCUT2D eigenvalue weighted by atomic mass is 16.3. The molecule has 0 aliphatic heterocycles. The van der Waals surface area contributed by atoms with E-state index in [0.29, 0.717) is 0 Å². The summed E-state index contributed by atoms with van der Waals surface area (Å²) in [6.07, 6.45) is 7.83. The maximum absolute atomic E-state index is 9.74. The third-order valence-corrected chi connectivity index (χ3v) is 2.99. The minimum atomic E-state index is -0.476. The first-order valence-electron chi connectivity index (χ1n) is 7.07. The predicted octanol–water partition coefficient (Wildman–Crippen LogP) is 4.15. The lowest BCUT2D eigenvalue weighted by atomic mass is 10.1. The van der Waals surface area contributed by atoms with Crippen molar-refractivity contribution in [2.45, 2.75) is 58.0 Å². The average molecular weight is 244 g/mol. The van der Waals surface area contributed by atoms with Crippen LogP contribution in [0.1, 0.15) is 57.4 Å². The number of rotatable bonds is 7. The van der Waals surface area contributed by atoms with E-state index in [1.54, 1.807) is 0 Å². The van der Waals surface area contributed by atoms with Crippen molar-refractivity contribution in [1.82, 2.24) is 0 Å².